The van der Waals surface area contributed by atoms with E-state index in [1.54, 1.807) is 0 Å². The molecule has 1 aromatic carbocycles. The molecule has 1 fully saturated rings. The Morgan fingerprint density at radius 2 is 1.69 bits per heavy atom. The zero-order valence-corrected chi connectivity index (χ0v) is 14.3. The summed E-state index contributed by atoms with van der Waals surface area (Å²) in [6.07, 6.45) is -8.39. The molecule has 1 aliphatic heterocycles. The lowest BCUT2D eigenvalue weighted by molar-refractivity contribution is -0.232. The van der Waals surface area contributed by atoms with Gasteiger partial charge < -0.3 is 30.1 Å². The third-order valence-corrected chi connectivity index (χ3v) is 4.69. The summed E-state index contributed by atoms with van der Waals surface area (Å²) in [6, 6.07) is 4.57. The van der Waals surface area contributed by atoms with Gasteiger partial charge in [0, 0.05) is 5.56 Å². The first-order valence-corrected chi connectivity index (χ1v) is 8.82. The normalized spacial score (nSPS) is 29.0. The monoisotopic (exact) mass is 390 g/mol. The molecule has 0 unspecified atom stereocenters. The summed E-state index contributed by atoms with van der Waals surface area (Å²) in [6.45, 7) is 0. The summed E-state index contributed by atoms with van der Waals surface area (Å²) in [5.41, 5.74) is 0.00318. The molecule has 0 spiro atoms. The van der Waals surface area contributed by atoms with Crippen LogP contribution in [0, 0.1) is 0 Å². The number of methoxy groups -OCH3 is 1. The predicted octanol–water partition coefficient (Wildman–Crippen LogP) is -2.96. The van der Waals surface area contributed by atoms with Crippen molar-refractivity contribution in [3.05, 3.63) is 29.8 Å². The fourth-order valence-corrected chi connectivity index (χ4v) is 2.83. The van der Waals surface area contributed by atoms with Gasteiger partial charge >= 0.3 is 5.97 Å². The van der Waals surface area contributed by atoms with E-state index in [1.165, 1.54) is 12.1 Å². The Hall–Kier alpha value is -2.09. The fourth-order valence-electron chi connectivity index (χ4n) is 2.32. The number of nitrogens with one attached hydrogen (secondary N) is 1. The van der Waals surface area contributed by atoms with Gasteiger partial charge in [0.2, 0.25) is 10.0 Å². The number of nitrogens with two attached hydrogens (primary N) is 1. The highest BCUT2D eigenvalue weighted by Gasteiger charge is 2.47. The average Bonchev–Trinajstić information content (AvgIpc) is 2.60. The lowest BCUT2D eigenvalue weighted by Gasteiger charge is -2.39. The maximum Gasteiger partial charge on any atom is 0.337 e. The van der Waals surface area contributed by atoms with E-state index in [4.69, 9.17) is 9.88 Å². The highest BCUT2D eigenvalue weighted by atomic mass is 32.2. The minimum absolute atomic E-state index is 0.00318. The molecular formula is C14H18N2O9S. The second-order valence-corrected chi connectivity index (χ2v) is 7.08. The van der Waals surface area contributed by atoms with Gasteiger partial charge in [-0.1, -0.05) is 0 Å². The van der Waals surface area contributed by atoms with Gasteiger partial charge in [0.25, 0.3) is 5.91 Å². The molecule has 144 valence electrons. The minimum Gasteiger partial charge on any atom is -0.467 e. The van der Waals surface area contributed by atoms with Crippen molar-refractivity contribution in [2.45, 2.75) is 35.5 Å². The van der Waals surface area contributed by atoms with Crippen LogP contribution in [-0.4, -0.2) is 73.4 Å². The van der Waals surface area contributed by atoms with Crippen LogP contribution in [0.5, 0.6) is 0 Å². The van der Waals surface area contributed by atoms with Crippen molar-refractivity contribution in [2.24, 2.45) is 5.14 Å². The van der Waals surface area contributed by atoms with Gasteiger partial charge in [0.1, 0.15) is 18.3 Å². The number of carbonyl (C=O) groups is 2. The van der Waals surface area contributed by atoms with Crippen molar-refractivity contribution in [1.82, 2.24) is 5.32 Å². The number of rotatable bonds is 4. The Bertz CT molecular complexity index is 780. The lowest BCUT2D eigenvalue weighted by atomic mass is 9.98. The van der Waals surface area contributed by atoms with Crippen LogP contribution in [-0.2, 0) is 24.3 Å². The van der Waals surface area contributed by atoms with Crippen molar-refractivity contribution >= 4 is 21.9 Å². The molecule has 0 saturated carbocycles. The quantitative estimate of drug-likeness (QED) is 0.335. The molecule has 2 rings (SSSR count). The maximum atomic E-state index is 12.2. The number of carbonyl (C=O) groups excluding carboxylic acids is 2. The molecule has 1 amide bonds. The van der Waals surface area contributed by atoms with Crippen LogP contribution >= 0.6 is 0 Å². The molecule has 1 aliphatic rings. The van der Waals surface area contributed by atoms with Crippen LogP contribution in [0.3, 0.4) is 0 Å². The molecule has 1 aromatic rings. The topological polar surface area (TPSA) is 185 Å². The minimum atomic E-state index is -3.92. The van der Waals surface area contributed by atoms with Crippen molar-refractivity contribution in [3.8, 4) is 0 Å². The summed E-state index contributed by atoms with van der Waals surface area (Å²) in [4.78, 5) is 23.6. The predicted molar refractivity (Wildman–Crippen MR) is 84.0 cm³/mol. The number of aliphatic hydroxyl groups excluding tert-OH is 3. The first-order chi connectivity index (χ1) is 12.1. The lowest BCUT2D eigenvalue weighted by Crippen LogP contribution is -2.64. The number of aliphatic hydroxyl groups is 3. The average molecular weight is 390 g/mol. The van der Waals surface area contributed by atoms with Gasteiger partial charge in [-0.05, 0) is 24.3 Å². The zero-order valence-electron chi connectivity index (χ0n) is 13.5. The molecule has 0 aliphatic carbocycles. The Morgan fingerprint density at radius 3 is 2.19 bits per heavy atom. The standard InChI is InChI=1S/C14H18N2O9S/c1-24-14(21)11-9(18)8(17)10(19)13(25-11)16-12(20)6-2-4-7(5-3-6)26(15,22)23/h2-5,8-11,13,17-19H,1H3,(H,16,20)(H2,15,22,23)/t8-,9-,10+,11-,13+/m0/s1. The number of ether oxygens (including phenoxy) is 2. The van der Waals surface area contributed by atoms with Crippen molar-refractivity contribution in [2.75, 3.05) is 7.11 Å². The number of primary sulfonamides is 1. The summed E-state index contributed by atoms with van der Waals surface area (Å²) in [7, 11) is -2.88. The van der Waals surface area contributed by atoms with Gasteiger partial charge in [-0.15, -0.1) is 0 Å². The van der Waals surface area contributed by atoms with Gasteiger partial charge in [-0.2, -0.15) is 0 Å². The van der Waals surface area contributed by atoms with E-state index in [1.807, 2.05) is 0 Å². The van der Waals surface area contributed by atoms with Gasteiger partial charge in [0.15, 0.2) is 12.3 Å². The van der Waals surface area contributed by atoms with Crippen LogP contribution in [0.1, 0.15) is 10.4 Å². The summed E-state index contributed by atoms with van der Waals surface area (Å²) >= 11 is 0. The van der Waals surface area contributed by atoms with E-state index < -0.39 is 52.5 Å². The molecule has 0 bridgehead atoms. The number of hydrogen-bond donors (Lipinski definition) is 5. The van der Waals surface area contributed by atoms with Crippen LogP contribution in [0.2, 0.25) is 0 Å². The van der Waals surface area contributed by atoms with E-state index in [-0.39, 0.29) is 10.5 Å². The van der Waals surface area contributed by atoms with Crippen LogP contribution in [0.15, 0.2) is 29.2 Å². The van der Waals surface area contributed by atoms with Gasteiger partial charge in [0.05, 0.1) is 12.0 Å². The van der Waals surface area contributed by atoms with Gasteiger partial charge in [-0.25, -0.2) is 18.4 Å². The highest BCUT2D eigenvalue weighted by Crippen LogP contribution is 2.21. The maximum absolute atomic E-state index is 12.2. The van der Waals surface area contributed by atoms with Crippen molar-refractivity contribution < 1.29 is 42.8 Å². The molecule has 1 saturated heterocycles. The number of benzene rings is 1. The number of sulfonamides is 1. The second kappa shape index (κ2) is 7.65. The third kappa shape index (κ3) is 4.17. The van der Waals surface area contributed by atoms with Gasteiger partial charge in [-0.3, -0.25) is 4.79 Å². The molecular weight excluding hydrogens is 372 g/mol. The van der Waals surface area contributed by atoms with Crippen molar-refractivity contribution in [3.63, 3.8) is 0 Å². The molecule has 26 heavy (non-hydrogen) atoms. The van der Waals surface area contributed by atoms with E-state index >= 15 is 0 Å². The molecule has 6 N–H and O–H groups in total. The van der Waals surface area contributed by atoms with Crippen LogP contribution in [0.4, 0.5) is 0 Å². The summed E-state index contributed by atoms with van der Waals surface area (Å²) in [5.74, 6) is -1.79. The Morgan fingerprint density at radius 1 is 1.12 bits per heavy atom. The number of amides is 1. The highest BCUT2D eigenvalue weighted by molar-refractivity contribution is 7.89. The first-order valence-electron chi connectivity index (χ1n) is 7.27. The Balaban J connectivity index is 2.15. The first kappa shape index (κ1) is 20.2. The van der Waals surface area contributed by atoms with Crippen LogP contribution < -0.4 is 10.5 Å². The molecule has 0 aromatic heterocycles. The Kier molecular flexibility index (Phi) is 5.95. The second-order valence-electron chi connectivity index (χ2n) is 5.52. The number of hydrogen-bond acceptors (Lipinski definition) is 9. The smallest absolute Gasteiger partial charge is 0.337 e. The molecule has 5 atom stereocenters. The SMILES string of the molecule is COC(=O)[C@H]1O[C@@H](NC(=O)c2ccc(S(N)(=O)=O)cc2)[C@H](O)[C@@H](O)[C@@H]1O. The van der Waals surface area contributed by atoms with Crippen LogP contribution in [0.25, 0.3) is 0 Å². The fraction of sp³-hybridized carbons (Fsp3) is 0.429. The summed E-state index contributed by atoms with van der Waals surface area (Å²) < 4.78 is 31.9. The van der Waals surface area contributed by atoms with E-state index in [0.29, 0.717) is 0 Å². The zero-order chi connectivity index (χ0) is 19.6. The van der Waals surface area contributed by atoms with E-state index in [9.17, 15) is 33.3 Å². The number of esters is 1. The summed E-state index contributed by atoms with van der Waals surface area (Å²) in [5, 5.41) is 36.7. The molecule has 0 radical (unpaired) electrons. The van der Waals surface area contributed by atoms with E-state index in [0.717, 1.165) is 19.2 Å². The third-order valence-electron chi connectivity index (χ3n) is 3.77. The molecule has 11 nitrogen and oxygen atoms in total. The molecule has 12 heteroatoms. The largest absolute Gasteiger partial charge is 0.467 e. The molecule has 1 heterocycles. The Labute approximate surface area is 148 Å². The van der Waals surface area contributed by atoms with Crippen molar-refractivity contribution in [1.29, 1.82) is 0 Å². The van der Waals surface area contributed by atoms with E-state index in [2.05, 4.69) is 10.1 Å².